The summed E-state index contributed by atoms with van der Waals surface area (Å²) in [6, 6.07) is 8.36. The maximum absolute atomic E-state index is 12.2. The number of nitrogens with zero attached hydrogens (tertiary/aromatic N) is 2. The van der Waals surface area contributed by atoms with Crippen LogP contribution in [0.1, 0.15) is 63.5 Å². The van der Waals surface area contributed by atoms with Crippen molar-refractivity contribution in [2.75, 3.05) is 29.6 Å². The fraction of sp³-hybridized carbons (Fsp3) is 0.457. The van der Waals surface area contributed by atoms with Gasteiger partial charge in [-0.25, -0.2) is 5.26 Å². The van der Waals surface area contributed by atoms with Crippen molar-refractivity contribution in [3.8, 4) is 0 Å². The predicted molar refractivity (Wildman–Crippen MR) is 202 cm³/mol. The van der Waals surface area contributed by atoms with E-state index in [-0.39, 0.29) is 11.4 Å². The van der Waals surface area contributed by atoms with Gasteiger partial charge in [0, 0.05) is 38.9 Å². The van der Waals surface area contributed by atoms with Crippen molar-refractivity contribution in [1.82, 2.24) is 0 Å². The van der Waals surface area contributed by atoms with E-state index in [1.165, 1.54) is 18.2 Å². The predicted octanol–water partition coefficient (Wildman–Crippen LogP) is 4.10. The lowest BCUT2D eigenvalue weighted by atomic mass is 9.68. The molecule has 0 amide bonds. The Kier molecular flexibility index (Phi) is 11.7. The van der Waals surface area contributed by atoms with E-state index in [1.54, 1.807) is 21.6 Å². The van der Waals surface area contributed by atoms with Gasteiger partial charge in [0.25, 0.3) is 30.4 Å². The van der Waals surface area contributed by atoms with E-state index in [9.17, 15) is 49.1 Å². The number of aliphatic hydroxyl groups excluding tert-OH is 2. The monoisotopic (exact) mass is 843 g/mol. The summed E-state index contributed by atoms with van der Waals surface area (Å²) in [7, 11) is -13.6. The van der Waals surface area contributed by atoms with Gasteiger partial charge in [-0.1, -0.05) is 23.3 Å². The van der Waals surface area contributed by atoms with Gasteiger partial charge in [0.1, 0.15) is 11.9 Å². The van der Waals surface area contributed by atoms with Gasteiger partial charge in [-0.15, -0.1) is 4.33 Å². The Hall–Kier alpha value is -2.99. The Labute approximate surface area is 323 Å². The summed E-state index contributed by atoms with van der Waals surface area (Å²) < 4.78 is 108. The van der Waals surface area contributed by atoms with E-state index in [0.29, 0.717) is 59.6 Å². The number of β-amino-alcohol motifs (C(OH)–C–C–N with tert-alkyl or cyclic N) is 1. The molecule has 0 saturated heterocycles. The summed E-state index contributed by atoms with van der Waals surface area (Å²) in [5, 5.41) is 33.8. The van der Waals surface area contributed by atoms with Crippen molar-refractivity contribution in [2.24, 2.45) is 0 Å². The largest absolute Gasteiger partial charge is 0.394 e. The maximum Gasteiger partial charge on any atom is 0.294 e. The van der Waals surface area contributed by atoms with Crippen LogP contribution in [0.25, 0.3) is 0 Å². The highest BCUT2D eigenvalue weighted by Crippen LogP contribution is 2.56. The molecule has 2 aromatic carbocycles. The second-order valence-corrected chi connectivity index (χ2v) is 19.9. The Morgan fingerprint density at radius 1 is 0.927 bits per heavy atom. The van der Waals surface area contributed by atoms with Gasteiger partial charge in [0.15, 0.2) is 12.3 Å². The highest BCUT2D eigenvalue weighted by Gasteiger charge is 2.53. The summed E-state index contributed by atoms with van der Waals surface area (Å²) in [4.78, 5) is 2.04. The van der Waals surface area contributed by atoms with E-state index in [0.717, 1.165) is 40.9 Å². The molecule has 4 unspecified atom stereocenters. The van der Waals surface area contributed by atoms with Gasteiger partial charge in [0.2, 0.25) is 5.69 Å². The number of anilines is 1. The smallest absolute Gasteiger partial charge is 0.294 e. The maximum atomic E-state index is 12.2. The molecule has 2 aliphatic heterocycles. The van der Waals surface area contributed by atoms with Crippen LogP contribution in [0.15, 0.2) is 81.3 Å². The van der Waals surface area contributed by atoms with Crippen molar-refractivity contribution in [3.05, 3.63) is 82.6 Å². The zero-order valence-corrected chi connectivity index (χ0v) is 33.2. The molecule has 55 heavy (non-hydrogen) atoms. The average Bonchev–Trinajstić information content (AvgIpc) is 3.49. The number of hydrogen-bond donors (Lipinski definition) is 6. The van der Waals surface area contributed by atoms with E-state index < -0.39 is 71.4 Å². The van der Waals surface area contributed by atoms with Gasteiger partial charge in [-0.05, 0) is 93.8 Å². The molecule has 1 fully saturated rings. The molecular weight excluding hydrogens is 801 g/mol. The molecule has 2 heterocycles. The van der Waals surface area contributed by atoms with Gasteiger partial charge < -0.3 is 15.1 Å². The normalized spacial score (nSPS) is 24.7. The van der Waals surface area contributed by atoms with Crippen LogP contribution in [0.5, 0.6) is 0 Å². The first-order valence-electron chi connectivity index (χ1n) is 17.4. The summed E-state index contributed by atoms with van der Waals surface area (Å²) in [6.07, 6.45) is 7.96. The number of fused-ring (bicyclic) bond motifs is 6. The summed E-state index contributed by atoms with van der Waals surface area (Å²) in [6.45, 7) is 3.10. The lowest BCUT2D eigenvalue weighted by Gasteiger charge is -2.38. The molecule has 0 bridgehead atoms. The average molecular weight is 844 g/mol. The zero-order valence-electron chi connectivity index (χ0n) is 29.9. The van der Waals surface area contributed by atoms with Crippen LogP contribution in [0.4, 0.5) is 11.4 Å². The van der Waals surface area contributed by atoms with Gasteiger partial charge >= 0.3 is 0 Å². The summed E-state index contributed by atoms with van der Waals surface area (Å²) in [5.41, 5.74) is 4.18. The first-order chi connectivity index (χ1) is 25.7. The number of allylic oxidation sites excluding steroid dienone is 6. The molecule has 2 aliphatic carbocycles. The molecular formula is C35H43N2O14S4+. The van der Waals surface area contributed by atoms with Crippen LogP contribution in [-0.2, 0) is 50.6 Å². The van der Waals surface area contributed by atoms with E-state index in [2.05, 4.69) is 9.37 Å². The zero-order chi connectivity index (χ0) is 40.1. The highest BCUT2D eigenvalue weighted by atomic mass is 32.2. The van der Waals surface area contributed by atoms with Gasteiger partial charge in [-0.3, -0.25) is 13.7 Å². The fourth-order valence-electron chi connectivity index (χ4n) is 8.86. The lowest BCUT2D eigenvalue weighted by molar-refractivity contribution is -0.449. The van der Waals surface area contributed by atoms with E-state index >= 15 is 0 Å². The number of aliphatic hydroxyl groups is 2. The van der Waals surface area contributed by atoms with Crippen molar-refractivity contribution in [3.63, 3.8) is 0 Å². The van der Waals surface area contributed by atoms with Crippen LogP contribution < -0.4 is 4.90 Å². The first-order valence-corrected chi connectivity index (χ1v) is 22.8. The Balaban J connectivity index is 1.47. The standard InChI is InChI=1S/C35H42N2O14S4/c1-34-14-4-8-22(32(34)36(18-25(39)21-54(44,45)46)30-13-11-27(17-29(30)34)55(47,48)49)6-3-7-23-9-5-15-35(2)28-16-26(52-51-50-40)10-12-31(28)37(33(23)35)24(19-38)20-53(41,42)43/h3,6-7,10-13,16-17,24-25,38-39H,4-5,8-9,14-15,18-21H2,1-2H3,(H3-,40,41,42,43,44,45,46,47,48,49)/p+1. The molecule has 0 aromatic heterocycles. The molecule has 20 heteroatoms. The molecule has 0 radical (unpaired) electrons. The summed E-state index contributed by atoms with van der Waals surface area (Å²) >= 11 is 0.771. The Bertz CT molecular complexity index is 2340. The molecule has 4 atom stereocenters. The van der Waals surface area contributed by atoms with Crippen molar-refractivity contribution in [2.45, 2.75) is 85.1 Å². The second kappa shape index (κ2) is 15.4. The molecule has 4 aliphatic rings. The van der Waals surface area contributed by atoms with Crippen LogP contribution in [0, 0.1) is 0 Å². The number of benzene rings is 2. The minimum absolute atomic E-state index is 0.239. The molecule has 16 nitrogen and oxygen atoms in total. The van der Waals surface area contributed by atoms with Crippen LogP contribution >= 0.6 is 12.0 Å². The second-order valence-electron chi connectivity index (χ2n) is 14.7. The third-order valence-electron chi connectivity index (χ3n) is 10.9. The molecule has 6 rings (SSSR count). The van der Waals surface area contributed by atoms with Crippen LogP contribution in [0.2, 0.25) is 0 Å². The molecule has 2 aromatic rings. The first kappa shape index (κ1) is 41.6. The van der Waals surface area contributed by atoms with E-state index in [1.807, 2.05) is 38.1 Å². The third-order valence-corrected chi connectivity index (χ3v) is 14.0. The quantitative estimate of drug-likeness (QED) is 0.0515. The SMILES string of the molecule is CC12CCCC(C=CC=C3CCCC4(C)C3=[N+](CC(O)CS(=O)(=O)O)c3ccc(S(=O)(=O)O)cc34)=C1N(C(CO)CS(=O)(=O)O)c1ccc(SOOO)cc12. The van der Waals surface area contributed by atoms with Crippen LogP contribution in [-0.4, -0.2) is 101 Å². The van der Waals surface area contributed by atoms with Crippen molar-refractivity contribution >= 4 is 59.5 Å². The van der Waals surface area contributed by atoms with Gasteiger partial charge in [-0.2, -0.15) is 29.8 Å². The number of hydrogen-bond acceptors (Lipinski definition) is 13. The molecule has 0 spiro atoms. The summed E-state index contributed by atoms with van der Waals surface area (Å²) in [5.74, 6) is -1.66. The fourth-order valence-corrected chi connectivity index (χ4v) is 11.1. The lowest BCUT2D eigenvalue weighted by Crippen LogP contribution is -2.44. The van der Waals surface area contributed by atoms with Gasteiger partial charge in [0.05, 0.1) is 40.8 Å². The Morgan fingerprint density at radius 2 is 1.62 bits per heavy atom. The minimum atomic E-state index is -4.57. The van der Waals surface area contributed by atoms with Crippen molar-refractivity contribution < 1.29 is 68.3 Å². The Morgan fingerprint density at radius 3 is 2.27 bits per heavy atom. The number of rotatable bonds is 14. The third kappa shape index (κ3) is 8.37. The minimum Gasteiger partial charge on any atom is -0.394 e. The molecule has 300 valence electrons. The van der Waals surface area contributed by atoms with Crippen LogP contribution in [0.3, 0.4) is 0 Å². The molecule has 6 N–H and O–H groups in total. The molecule has 1 saturated carbocycles. The van der Waals surface area contributed by atoms with Crippen molar-refractivity contribution in [1.29, 1.82) is 0 Å². The topological polar surface area (TPSA) is 249 Å². The highest BCUT2D eigenvalue weighted by molar-refractivity contribution is 7.94. The van der Waals surface area contributed by atoms with E-state index in [4.69, 9.17) is 5.26 Å².